The van der Waals surface area contributed by atoms with Gasteiger partial charge >= 0.3 is 0 Å². The number of nitro groups is 1. The summed E-state index contributed by atoms with van der Waals surface area (Å²) in [7, 11) is 0. The van der Waals surface area contributed by atoms with Crippen LogP contribution < -0.4 is 0 Å². The number of hydrogen-bond donors (Lipinski definition) is 0. The Hall–Kier alpha value is -1.72. The standard InChI is InChI=1S/C16H13BrClNO3/c17-15(16(20)12-6-8-13(18)9-7-12)14(10-19(21)22)11-4-2-1-3-5-11/h1-9,14-15H,10H2/t14-,15-/m1/s1. The highest BCUT2D eigenvalue weighted by molar-refractivity contribution is 9.10. The van der Waals surface area contributed by atoms with Crippen molar-refractivity contribution in [2.75, 3.05) is 6.54 Å². The van der Waals surface area contributed by atoms with Gasteiger partial charge < -0.3 is 0 Å². The monoisotopic (exact) mass is 381 g/mol. The normalized spacial score (nSPS) is 13.4. The van der Waals surface area contributed by atoms with E-state index in [2.05, 4.69) is 15.9 Å². The summed E-state index contributed by atoms with van der Waals surface area (Å²) in [6.07, 6.45) is 0. The lowest BCUT2D eigenvalue weighted by atomic mass is 9.91. The number of rotatable bonds is 6. The molecule has 2 atom stereocenters. The van der Waals surface area contributed by atoms with E-state index in [1.54, 1.807) is 48.5 Å². The molecule has 0 radical (unpaired) electrons. The van der Waals surface area contributed by atoms with Crippen molar-refractivity contribution in [2.24, 2.45) is 0 Å². The van der Waals surface area contributed by atoms with Crippen LogP contribution in [0.5, 0.6) is 0 Å². The summed E-state index contributed by atoms with van der Waals surface area (Å²) in [5.74, 6) is -0.744. The Balaban J connectivity index is 2.28. The molecule has 0 fully saturated rings. The van der Waals surface area contributed by atoms with Gasteiger partial charge in [-0.25, -0.2) is 0 Å². The van der Waals surface area contributed by atoms with Crippen LogP contribution in [-0.2, 0) is 0 Å². The maximum atomic E-state index is 12.5. The topological polar surface area (TPSA) is 60.2 Å². The predicted molar refractivity (Wildman–Crippen MR) is 89.5 cm³/mol. The molecule has 114 valence electrons. The Morgan fingerprint density at radius 2 is 1.73 bits per heavy atom. The molecule has 0 unspecified atom stereocenters. The molecule has 0 aliphatic carbocycles. The maximum absolute atomic E-state index is 12.5. The summed E-state index contributed by atoms with van der Waals surface area (Å²) < 4.78 is 0. The lowest BCUT2D eigenvalue weighted by Crippen LogP contribution is -2.28. The first-order valence-electron chi connectivity index (χ1n) is 6.59. The van der Waals surface area contributed by atoms with Gasteiger partial charge in [0.05, 0.1) is 10.7 Å². The third kappa shape index (κ3) is 4.15. The third-order valence-corrected chi connectivity index (χ3v) is 4.61. The van der Waals surface area contributed by atoms with Crippen molar-refractivity contribution < 1.29 is 9.72 Å². The maximum Gasteiger partial charge on any atom is 0.212 e. The Bertz CT molecular complexity index is 661. The second-order valence-electron chi connectivity index (χ2n) is 4.81. The fourth-order valence-corrected chi connectivity index (χ4v) is 3.05. The molecule has 0 saturated carbocycles. The van der Waals surface area contributed by atoms with Gasteiger partial charge in [-0.15, -0.1) is 0 Å². The molecule has 0 aromatic heterocycles. The Labute approximate surface area is 141 Å². The minimum atomic E-state index is -0.679. The smallest absolute Gasteiger partial charge is 0.212 e. The fraction of sp³-hybridized carbons (Fsp3) is 0.188. The molecule has 6 heteroatoms. The quantitative estimate of drug-likeness (QED) is 0.323. The number of Topliss-reactive ketones (excluding diaryl/α,β-unsaturated/α-hetero) is 1. The summed E-state index contributed by atoms with van der Waals surface area (Å²) in [6.45, 7) is -0.320. The van der Waals surface area contributed by atoms with Gasteiger partial charge in [-0.3, -0.25) is 14.9 Å². The zero-order valence-electron chi connectivity index (χ0n) is 11.5. The minimum Gasteiger partial charge on any atom is -0.293 e. The number of carbonyl (C=O) groups excluding carboxylic acids is 1. The van der Waals surface area contributed by atoms with Crippen LogP contribution in [0.15, 0.2) is 54.6 Å². The van der Waals surface area contributed by atoms with Gasteiger partial charge in [-0.1, -0.05) is 57.9 Å². The van der Waals surface area contributed by atoms with E-state index < -0.39 is 15.7 Å². The molecule has 0 aliphatic rings. The van der Waals surface area contributed by atoms with Crippen molar-refractivity contribution in [3.8, 4) is 0 Å². The molecule has 2 rings (SSSR count). The van der Waals surface area contributed by atoms with Crippen molar-refractivity contribution in [1.29, 1.82) is 0 Å². The van der Waals surface area contributed by atoms with E-state index in [0.29, 0.717) is 10.6 Å². The molecule has 2 aromatic rings. The number of hydrogen-bond acceptors (Lipinski definition) is 3. The highest BCUT2D eigenvalue weighted by Crippen LogP contribution is 2.28. The zero-order chi connectivity index (χ0) is 16.1. The fourth-order valence-electron chi connectivity index (χ4n) is 2.18. The number of benzene rings is 2. The lowest BCUT2D eigenvalue weighted by molar-refractivity contribution is -0.483. The second kappa shape index (κ2) is 7.51. The molecular weight excluding hydrogens is 370 g/mol. The lowest BCUT2D eigenvalue weighted by Gasteiger charge is -2.18. The molecule has 0 amide bonds. The van der Waals surface area contributed by atoms with Gasteiger partial charge in [0.25, 0.3) is 0 Å². The van der Waals surface area contributed by atoms with E-state index in [-0.39, 0.29) is 12.3 Å². The Kier molecular flexibility index (Phi) is 5.69. The predicted octanol–water partition coefficient (Wildman–Crippen LogP) is 4.35. The van der Waals surface area contributed by atoms with Gasteiger partial charge in [0, 0.05) is 15.5 Å². The molecule has 0 saturated heterocycles. The molecule has 0 heterocycles. The molecule has 2 aromatic carbocycles. The molecule has 0 spiro atoms. The second-order valence-corrected chi connectivity index (χ2v) is 6.23. The van der Waals surface area contributed by atoms with Crippen LogP contribution >= 0.6 is 27.5 Å². The summed E-state index contributed by atoms with van der Waals surface area (Å²) in [6, 6.07) is 15.5. The van der Waals surface area contributed by atoms with Crippen LogP contribution in [-0.4, -0.2) is 22.1 Å². The largest absolute Gasteiger partial charge is 0.293 e. The van der Waals surface area contributed by atoms with Crippen molar-refractivity contribution >= 4 is 33.3 Å². The summed E-state index contributed by atoms with van der Waals surface area (Å²) in [5.41, 5.74) is 1.22. The first-order valence-corrected chi connectivity index (χ1v) is 7.89. The summed E-state index contributed by atoms with van der Waals surface area (Å²) in [5, 5.41) is 11.5. The Morgan fingerprint density at radius 3 is 2.27 bits per heavy atom. The average molecular weight is 383 g/mol. The van der Waals surface area contributed by atoms with E-state index in [9.17, 15) is 14.9 Å². The number of alkyl halides is 1. The van der Waals surface area contributed by atoms with Gasteiger partial charge in [0.1, 0.15) is 0 Å². The molecule has 0 bridgehead atoms. The number of nitrogens with zero attached hydrogens (tertiary/aromatic N) is 1. The van der Waals surface area contributed by atoms with Gasteiger partial charge in [-0.2, -0.15) is 0 Å². The van der Waals surface area contributed by atoms with E-state index in [1.165, 1.54) is 0 Å². The van der Waals surface area contributed by atoms with Crippen LogP contribution in [0.3, 0.4) is 0 Å². The van der Waals surface area contributed by atoms with Gasteiger partial charge in [0.15, 0.2) is 5.78 Å². The van der Waals surface area contributed by atoms with E-state index in [4.69, 9.17) is 11.6 Å². The summed E-state index contributed by atoms with van der Waals surface area (Å²) in [4.78, 5) is 22.4. The molecule has 0 aliphatic heterocycles. The molecular formula is C16H13BrClNO3. The number of ketones is 1. The van der Waals surface area contributed by atoms with Crippen LogP contribution in [0.25, 0.3) is 0 Å². The van der Waals surface area contributed by atoms with Crippen LogP contribution in [0.1, 0.15) is 21.8 Å². The third-order valence-electron chi connectivity index (χ3n) is 3.31. The van der Waals surface area contributed by atoms with Gasteiger partial charge in [-0.05, 0) is 29.8 Å². The first kappa shape index (κ1) is 16.6. The van der Waals surface area contributed by atoms with Crippen LogP contribution in [0.2, 0.25) is 5.02 Å². The van der Waals surface area contributed by atoms with E-state index in [0.717, 1.165) is 5.56 Å². The van der Waals surface area contributed by atoms with Crippen molar-refractivity contribution in [3.63, 3.8) is 0 Å². The highest BCUT2D eigenvalue weighted by Gasteiger charge is 2.31. The van der Waals surface area contributed by atoms with E-state index in [1.807, 2.05) is 6.07 Å². The van der Waals surface area contributed by atoms with Gasteiger partial charge in [0.2, 0.25) is 6.54 Å². The molecule has 4 nitrogen and oxygen atoms in total. The molecule has 0 N–H and O–H groups in total. The van der Waals surface area contributed by atoms with E-state index >= 15 is 0 Å². The van der Waals surface area contributed by atoms with Crippen molar-refractivity contribution in [3.05, 3.63) is 80.9 Å². The zero-order valence-corrected chi connectivity index (χ0v) is 13.8. The minimum absolute atomic E-state index is 0.202. The molecule has 22 heavy (non-hydrogen) atoms. The SMILES string of the molecule is O=C(c1ccc(Cl)cc1)[C@H](Br)[C@H](C[N+](=O)[O-])c1ccccc1. The van der Waals surface area contributed by atoms with Crippen LogP contribution in [0, 0.1) is 10.1 Å². The average Bonchev–Trinajstić information content (AvgIpc) is 2.52. The first-order chi connectivity index (χ1) is 10.5. The Morgan fingerprint density at radius 1 is 1.14 bits per heavy atom. The van der Waals surface area contributed by atoms with Crippen LogP contribution in [0.4, 0.5) is 0 Å². The highest BCUT2D eigenvalue weighted by atomic mass is 79.9. The van der Waals surface area contributed by atoms with Crippen molar-refractivity contribution in [2.45, 2.75) is 10.7 Å². The number of halogens is 2. The number of carbonyl (C=O) groups is 1. The summed E-state index contributed by atoms with van der Waals surface area (Å²) >= 11 is 9.15. The van der Waals surface area contributed by atoms with Crippen molar-refractivity contribution in [1.82, 2.24) is 0 Å².